The zero-order valence-electron chi connectivity index (χ0n) is 15.6. The summed E-state index contributed by atoms with van der Waals surface area (Å²) in [5.74, 6) is -0.792. The quantitative estimate of drug-likeness (QED) is 0.586. The molecule has 1 aromatic heterocycles. The van der Waals surface area contributed by atoms with E-state index >= 15 is 0 Å². The number of carbonyl (C=O) groups is 1. The van der Waals surface area contributed by atoms with E-state index in [2.05, 4.69) is 11.7 Å². The third-order valence-corrected chi connectivity index (χ3v) is 6.30. The summed E-state index contributed by atoms with van der Waals surface area (Å²) in [6.45, 7) is 3.59. The monoisotopic (exact) mass is 441 g/mol. The van der Waals surface area contributed by atoms with Gasteiger partial charge < -0.3 is 5.73 Å². The molecule has 3 rings (SSSR count). The third kappa shape index (κ3) is 3.78. The average Bonchev–Trinajstić information content (AvgIpc) is 3.12. The van der Waals surface area contributed by atoms with Gasteiger partial charge in [-0.05, 0) is 30.3 Å². The Kier molecular flexibility index (Phi) is 5.91. The zero-order chi connectivity index (χ0) is 21.9. The molecule has 0 aliphatic carbocycles. The smallest absolute Gasteiger partial charge is 0.280 e. The lowest BCUT2D eigenvalue weighted by Gasteiger charge is -2.24. The molecule has 0 spiro atoms. The minimum Gasteiger partial charge on any atom is -0.382 e. The van der Waals surface area contributed by atoms with E-state index in [-0.39, 0.29) is 39.1 Å². The number of hydrogen-bond donors (Lipinski definition) is 1. The SMILES string of the molecule is C=CCN(c1ccccc1Cl)S(=O)(=O)c1cccc(C(=O)n2ncc(C#N)c2N)c1. The lowest BCUT2D eigenvalue weighted by Crippen LogP contribution is -2.31. The molecule has 0 radical (unpaired) electrons. The van der Waals surface area contributed by atoms with Gasteiger partial charge in [0.05, 0.1) is 28.3 Å². The van der Waals surface area contributed by atoms with Crippen LogP contribution in [0.1, 0.15) is 15.9 Å². The summed E-state index contributed by atoms with van der Waals surface area (Å²) in [7, 11) is -4.07. The first-order chi connectivity index (χ1) is 14.3. The van der Waals surface area contributed by atoms with Crippen molar-refractivity contribution in [1.29, 1.82) is 5.26 Å². The molecule has 2 N–H and O–H groups in total. The largest absolute Gasteiger partial charge is 0.382 e. The van der Waals surface area contributed by atoms with Crippen LogP contribution >= 0.6 is 11.6 Å². The van der Waals surface area contributed by atoms with Gasteiger partial charge in [0, 0.05) is 5.56 Å². The number of rotatable bonds is 6. The van der Waals surface area contributed by atoms with Gasteiger partial charge in [-0.2, -0.15) is 15.0 Å². The Morgan fingerprint density at radius 3 is 2.67 bits per heavy atom. The van der Waals surface area contributed by atoms with E-state index in [4.69, 9.17) is 22.6 Å². The Morgan fingerprint density at radius 1 is 1.30 bits per heavy atom. The van der Waals surface area contributed by atoms with Crippen LogP contribution in [0.3, 0.4) is 0 Å². The van der Waals surface area contributed by atoms with Gasteiger partial charge in [-0.1, -0.05) is 35.9 Å². The van der Waals surface area contributed by atoms with Crippen LogP contribution in [0.5, 0.6) is 0 Å². The molecular weight excluding hydrogens is 426 g/mol. The molecule has 1 heterocycles. The molecule has 0 amide bonds. The molecule has 0 unspecified atom stereocenters. The summed E-state index contributed by atoms with van der Waals surface area (Å²) in [5.41, 5.74) is 6.12. The Hall–Kier alpha value is -3.61. The van der Waals surface area contributed by atoms with Crippen molar-refractivity contribution >= 4 is 39.0 Å². The van der Waals surface area contributed by atoms with Gasteiger partial charge in [0.15, 0.2) is 0 Å². The molecule has 0 atom stereocenters. The predicted octanol–water partition coefficient (Wildman–Crippen LogP) is 3.06. The van der Waals surface area contributed by atoms with Crippen LogP contribution in [-0.2, 0) is 10.0 Å². The fraction of sp³-hybridized carbons (Fsp3) is 0.0500. The highest BCUT2D eigenvalue weighted by Crippen LogP contribution is 2.30. The maximum Gasteiger partial charge on any atom is 0.280 e. The maximum atomic E-state index is 13.3. The minimum atomic E-state index is -4.07. The van der Waals surface area contributed by atoms with Crippen LogP contribution in [-0.4, -0.2) is 30.7 Å². The van der Waals surface area contributed by atoms with Gasteiger partial charge in [-0.3, -0.25) is 9.10 Å². The molecule has 0 saturated heterocycles. The van der Waals surface area contributed by atoms with E-state index in [0.29, 0.717) is 0 Å². The number of halogens is 1. The highest BCUT2D eigenvalue weighted by atomic mass is 35.5. The lowest BCUT2D eigenvalue weighted by molar-refractivity contribution is 0.0947. The van der Waals surface area contributed by atoms with Crippen LogP contribution in [0, 0.1) is 11.3 Å². The summed E-state index contributed by atoms with van der Waals surface area (Å²) in [6.07, 6.45) is 2.60. The highest BCUT2D eigenvalue weighted by molar-refractivity contribution is 7.92. The molecular formula is C20H16ClN5O3S. The lowest BCUT2D eigenvalue weighted by atomic mass is 10.2. The number of sulfonamides is 1. The number of nitrogen functional groups attached to an aromatic ring is 1. The molecule has 0 saturated carbocycles. The number of carbonyl (C=O) groups excluding carboxylic acids is 1. The van der Waals surface area contributed by atoms with E-state index in [0.717, 1.165) is 15.2 Å². The second-order valence-electron chi connectivity index (χ2n) is 6.08. The summed E-state index contributed by atoms with van der Waals surface area (Å²) < 4.78 is 28.6. The molecule has 3 aromatic rings. The number of aromatic nitrogens is 2. The van der Waals surface area contributed by atoms with E-state index in [1.165, 1.54) is 30.3 Å². The van der Waals surface area contributed by atoms with Gasteiger partial charge >= 0.3 is 0 Å². The topological polar surface area (TPSA) is 122 Å². The second kappa shape index (κ2) is 8.41. The number of nitriles is 1. The van der Waals surface area contributed by atoms with Crippen molar-refractivity contribution in [3.63, 3.8) is 0 Å². The van der Waals surface area contributed by atoms with Crippen molar-refractivity contribution in [2.24, 2.45) is 0 Å². The molecule has 0 aliphatic rings. The van der Waals surface area contributed by atoms with Crippen molar-refractivity contribution in [1.82, 2.24) is 9.78 Å². The van der Waals surface area contributed by atoms with Crippen LogP contribution in [0.15, 0.2) is 72.3 Å². The fourth-order valence-electron chi connectivity index (χ4n) is 2.74. The Morgan fingerprint density at radius 2 is 2.03 bits per heavy atom. The number of nitrogens with two attached hydrogens (primary N) is 1. The van der Waals surface area contributed by atoms with Crippen molar-refractivity contribution < 1.29 is 13.2 Å². The molecule has 2 aromatic carbocycles. The number of anilines is 2. The van der Waals surface area contributed by atoms with E-state index < -0.39 is 15.9 Å². The number of nitrogens with zero attached hydrogens (tertiary/aromatic N) is 4. The molecule has 10 heteroatoms. The van der Waals surface area contributed by atoms with Crippen LogP contribution in [0.4, 0.5) is 11.5 Å². The van der Waals surface area contributed by atoms with Gasteiger partial charge in [0.2, 0.25) is 0 Å². The number of benzene rings is 2. The average molecular weight is 442 g/mol. The predicted molar refractivity (Wildman–Crippen MR) is 114 cm³/mol. The van der Waals surface area contributed by atoms with Crippen LogP contribution in [0.25, 0.3) is 0 Å². The van der Waals surface area contributed by atoms with Gasteiger partial charge in [0.1, 0.15) is 17.5 Å². The molecule has 0 bridgehead atoms. The van der Waals surface area contributed by atoms with Gasteiger partial charge in [-0.15, -0.1) is 6.58 Å². The standard InChI is InChI=1S/C20H16ClN5O3S/c1-2-10-25(18-9-4-3-8-17(18)21)30(28,29)16-7-5-6-14(11-16)20(27)26-19(23)15(12-22)13-24-26/h2-9,11,13H,1,10,23H2. The van der Waals surface area contributed by atoms with Crippen molar-refractivity contribution in [3.05, 3.63) is 83.5 Å². The zero-order valence-corrected chi connectivity index (χ0v) is 17.1. The number of para-hydroxylation sites is 1. The van der Waals surface area contributed by atoms with E-state index in [1.807, 2.05) is 6.07 Å². The fourth-order valence-corrected chi connectivity index (χ4v) is 4.53. The van der Waals surface area contributed by atoms with Crippen molar-refractivity contribution in [2.45, 2.75) is 4.90 Å². The summed E-state index contributed by atoms with van der Waals surface area (Å²) in [5, 5.41) is 13.0. The third-order valence-electron chi connectivity index (χ3n) is 4.20. The first-order valence-corrected chi connectivity index (χ1v) is 10.4. The Labute approximate surface area is 178 Å². The summed E-state index contributed by atoms with van der Waals surface area (Å²) in [4.78, 5) is 12.6. The first kappa shape index (κ1) is 21.1. The second-order valence-corrected chi connectivity index (χ2v) is 8.35. The highest BCUT2D eigenvalue weighted by Gasteiger charge is 2.27. The van der Waals surface area contributed by atoms with Gasteiger partial charge in [0.25, 0.3) is 15.9 Å². The van der Waals surface area contributed by atoms with Crippen LogP contribution in [0.2, 0.25) is 5.02 Å². The van der Waals surface area contributed by atoms with Gasteiger partial charge in [-0.25, -0.2) is 8.42 Å². The summed E-state index contributed by atoms with van der Waals surface area (Å²) >= 11 is 6.20. The van der Waals surface area contributed by atoms with E-state index in [1.54, 1.807) is 24.3 Å². The normalized spacial score (nSPS) is 10.9. The molecule has 30 heavy (non-hydrogen) atoms. The van der Waals surface area contributed by atoms with Crippen molar-refractivity contribution in [3.8, 4) is 6.07 Å². The van der Waals surface area contributed by atoms with Crippen molar-refractivity contribution in [2.75, 3.05) is 16.6 Å². The van der Waals surface area contributed by atoms with Crippen LogP contribution < -0.4 is 10.0 Å². The Balaban J connectivity index is 2.06. The maximum absolute atomic E-state index is 13.3. The molecule has 152 valence electrons. The Bertz CT molecular complexity index is 1280. The summed E-state index contributed by atoms with van der Waals surface area (Å²) in [6, 6.07) is 13.8. The molecule has 0 fully saturated rings. The number of hydrogen-bond acceptors (Lipinski definition) is 6. The minimum absolute atomic E-state index is 0.0259. The molecule has 0 aliphatic heterocycles. The first-order valence-electron chi connectivity index (χ1n) is 8.57. The molecule has 8 nitrogen and oxygen atoms in total. The van der Waals surface area contributed by atoms with E-state index in [9.17, 15) is 13.2 Å².